The molecule has 1 N–H and O–H groups in total. The van der Waals surface area contributed by atoms with Crippen LogP contribution in [0.5, 0.6) is 0 Å². The van der Waals surface area contributed by atoms with Gasteiger partial charge >= 0.3 is 5.97 Å². The van der Waals surface area contributed by atoms with Crippen molar-refractivity contribution in [3.63, 3.8) is 0 Å². The lowest BCUT2D eigenvalue weighted by atomic mass is 10.1. The molecule has 0 aromatic rings. The zero-order valence-corrected chi connectivity index (χ0v) is 10.00. The fraction of sp³-hybridized carbons (Fsp3) is 0.917. The predicted octanol–water partition coefficient (Wildman–Crippen LogP) is 2.52. The summed E-state index contributed by atoms with van der Waals surface area (Å²) in [6, 6.07) is 0. The highest BCUT2D eigenvalue weighted by molar-refractivity contribution is 5.71. The largest absolute Gasteiger partial charge is 0.465 e. The second kappa shape index (κ2) is 9.97. The Kier molecular flexibility index (Phi) is 9.59. The number of hydrogen-bond acceptors (Lipinski definition) is 3. The van der Waals surface area contributed by atoms with Crippen molar-refractivity contribution in [3.8, 4) is 0 Å². The van der Waals surface area contributed by atoms with E-state index in [4.69, 9.17) is 9.84 Å². The first-order valence-electron chi connectivity index (χ1n) is 5.99. The van der Waals surface area contributed by atoms with Crippen LogP contribution in [-0.4, -0.2) is 24.3 Å². The van der Waals surface area contributed by atoms with Crippen molar-refractivity contribution >= 4 is 5.97 Å². The molecular weight excluding hydrogens is 192 g/mol. The topological polar surface area (TPSA) is 46.5 Å². The molecule has 1 unspecified atom stereocenters. The second-order valence-electron chi connectivity index (χ2n) is 3.97. The molecule has 0 fully saturated rings. The van der Waals surface area contributed by atoms with Gasteiger partial charge in [-0.3, -0.25) is 4.79 Å². The maximum Gasteiger partial charge on any atom is 0.308 e. The van der Waals surface area contributed by atoms with Crippen molar-refractivity contribution in [3.05, 3.63) is 0 Å². The minimum atomic E-state index is -0.0761. The van der Waals surface area contributed by atoms with E-state index in [1.807, 2.05) is 13.8 Å². The van der Waals surface area contributed by atoms with Crippen molar-refractivity contribution in [2.45, 2.75) is 52.4 Å². The molecule has 0 radical (unpaired) electrons. The number of ether oxygens (including phenoxy) is 1. The van der Waals surface area contributed by atoms with Crippen LogP contribution in [0.3, 0.4) is 0 Å². The summed E-state index contributed by atoms with van der Waals surface area (Å²) in [6.07, 6.45) is 5.92. The molecule has 0 spiro atoms. The molecule has 15 heavy (non-hydrogen) atoms. The molecule has 0 saturated heterocycles. The van der Waals surface area contributed by atoms with Crippen LogP contribution >= 0.6 is 0 Å². The highest BCUT2D eigenvalue weighted by Crippen LogP contribution is 2.06. The van der Waals surface area contributed by atoms with Crippen LogP contribution < -0.4 is 0 Å². The number of carbonyl (C=O) groups is 1. The number of carbonyl (C=O) groups excluding carboxylic acids is 1. The fourth-order valence-corrected chi connectivity index (χ4v) is 1.23. The van der Waals surface area contributed by atoms with Gasteiger partial charge in [-0.2, -0.15) is 0 Å². The molecule has 0 saturated carbocycles. The van der Waals surface area contributed by atoms with E-state index in [9.17, 15) is 4.79 Å². The average molecular weight is 216 g/mol. The molecule has 1 atom stereocenters. The van der Waals surface area contributed by atoms with E-state index in [0.717, 1.165) is 38.5 Å². The highest BCUT2D eigenvalue weighted by atomic mass is 16.5. The molecule has 3 heteroatoms. The minimum absolute atomic E-state index is 0.0272. The molecule has 0 aliphatic carbocycles. The van der Waals surface area contributed by atoms with Gasteiger partial charge < -0.3 is 9.84 Å². The smallest absolute Gasteiger partial charge is 0.308 e. The van der Waals surface area contributed by atoms with Gasteiger partial charge in [-0.05, 0) is 19.3 Å². The van der Waals surface area contributed by atoms with E-state index in [0.29, 0.717) is 6.61 Å². The Morgan fingerprint density at radius 3 is 2.40 bits per heavy atom. The summed E-state index contributed by atoms with van der Waals surface area (Å²) in [4.78, 5) is 11.3. The summed E-state index contributed by atoms with van der Waals surface area (Å²) in [5, 5.41) is 8.56. The van der Waals surface area contributed by atoms with E-state index in [1.54, 1.807) is 0 Å². The molecule has 3 nitrogen and oxygen atoms in total. The van der Waals surface area contributed by atoms with Crippen molar-refractivity contribution < 1.29 is 14.6 Å². The quantitative estimate of drug-likeness (QED) is 0.476. The molecule has 0 heterocycles. The van der Waals surface area contributed by atoms with Crippen molar-refractivity contribution in [2.75, 3.05) is 13.2 Å². The van der Waals surface area contributed by atoms with Crippen LogP contribution in [0.25, 0.3) is 0 Å². The summed E-state index contributed by atoms with van der Waals surface area (Å²) < 4.78 is 5.11. The maximum atomic E-state index is 11.3. The molecule has 0 aromatic heterocycles. The number of rotatable bonds is 9. The maximum absolute atomic E-state index is 11.3. The standard InChI is InChI=1S/C12H24O3/c1-3-11(2)12(14)15-10-8-6-4-5-7-9-13/h11,13H,3-10H2,1-2H3. The third-order valence-corrected chi connectivity index (χ3v) is 2.56. The first kappa shape index (κ1) is 14.4. The normalized spacial score (nSPS) is 12.5. The number of hydrogen-bond donors (Lipinski definition) is 1. The van der Waals surface area contributed by atoms with E-state index in [2.05, 4.69) is 0 Å². The van der Waals surface area contributed by atoms with Crippen molar-refractivity contribution in [1.82, 2.24) is 0 Å². The van der Waals surface area contributed by atoms with Gasteiger partial charge in [0.05, 0.1) is 12.5 Å². The summed E-state index contributed by atoms with van der Waals surface area (Å²) in [7, 11) is 0. The van der Waals surface area contributed by atoms with Gasteiger partial charge in [0.25, 0.3) is 0 Å². The molecule has 0 aliphatic heterocycles. The Hall–Kier alpha value is -0.570. The van der Waals surface area contributed by atoms with Gasteiger partial charge in [-0.1, -0.05) is 33.1 Å². The van der Waals surface area contributed by atoms with Crippen molar-refractivity contribution in [2.24, 2.45) is 5.92 Å². The van der Waals surface area contributed by atoms with E-state index >= 15 is 0 Å². The van der Waals surface area contributed by atoms with Crippen LogP contribution in [0.2, 0.25) is 0 Å². The van der Waals surface area contributed by atoms with E-state index in [1.165, 1.54) is 0 Å². The molecular formula is C12H24O3. The monoisotopic (exact) mass is 216 g/mol. The summed E-state index contributed by atoms with van der Waals surface area (Å²) in [5.41, 5.74) is 0. The third-order valence-electron chi connectivity index (χ3n) is 2.56. The lowest BCUT2D eigenvalue weighted by Gasteiger charge is -2.08. The Morgan fingerprint density at radius 1 is 1.20 bits per heavy atom. The van der Waals surface area contributed by atoms with Gasteiger partial charge in [0.15, 0.2) is 0 Å². The van der Waals surface area contributed by atoms with E-state index in [-0.39, 0.29) is 18.5 Å². The number of aliphatic hydroxyl groups excluding tert-OH is 1. The third kappa shape index (κ3) is 8.43. The summed E-state index contributed by atoms with van der Waals surface area (Å²) in [5.74, 6) is -0.0488. The molecule has 0 bridgehead atoms. The molecule has 90 valence electrons. The van der Waals surface area contributed by atoms with Crippen LogP contribution in [0, 0.1) is 5.92 Å². The molecule has 0 rings (SSSR count). The summed E-state index contributed by atoms with van der Waals surface area (Å²) in [6.45, 7) is 4.70. The number of unbranched alkanes of at least 4 members (excludes halogenated alkanes) is 4. The minimum Gasteiger partial charge on any atom is -0.465 e. The zero-order chi connectivity index (χ0) is 11.5. The Balaban J connectivity index is 3.20. The second-order valence-corrected chi connectivity index (χ2v) is 3.97. The summed E-state index contributed by atoms with van der Waals surface area (Å²) >= 11 is 0. The van der Waals surface area contributed by atoms with Gasteiger partial charge in [-0.25, -0.2) is 0 Å². The number of esters is 1. The van der Waals surface area contributed by atoms with E-state index < -0.39 is 0 Å². The van der Waals surface area contributed by atoms with Gasteiger partial charge in [0, 0.05) is 6.61 Å². The Labute approximate surface area is 92.8 Å². The average Bonchev–Trinajstić information content (AvgIpc) is 2.26. The van der Waals surface area contributed by atoms with Gasteiger partial charge in [-0.15, -0.1) is 0 Å². The first-order chi connectivity index (χ1) is 7.22. The van der Waals surface area contributed by atoms with Gasteiger partial charge in [0.1, 0.15) is 0 Å². The van der Waals surface area contributed by atoms with Crippen LogP contribution in [-0.2, 0) is 9.53 Å². The van der Waals surface area contributed by atoms with Crippen LogP contribution in [0.1, 0.15) is 52.4 Å². The molecule has 0 aliphatic rings. The van der Waals surface area contributed by atoms with Crippen LogP contribution in [0.4, 0.5) is 0 Å². The molecule has 0 amide bonds. The highest BCUT2D eigenvalue weighted by Gasteiger charge is 2.10. The van der Waals surface area contributed by atoms with Crippen LogP contribution in [0.15, 0.2) is 0 Å². The van der Waals surface area contributed by atoms with Gasteiger partial charge in [0.2, 0.25) is 0 Å². The zero-order valence-electron chi connectivity index (χ0n) is 10.00. The lowest BCUT2D eigenvalue weighted by molar-refractivity contribution is -0.148. The Bertz CT molecular complexity index is 157. The first-order valence-corrected chi connectivity index (χ1v) is 5.99. The lowest BCUT2D eigenvalue weighted by Crippen LogP contribution is -2.14. The fourth-order valence-electron chi connectivity index (χ4n) is 1.23. The Morgan fingerprint density at radius 2 is 1.80 bits per heavy atom. The SMILES string of the molecule is CCC(C)C(=O)OCCCCCCCO. The predicted molar refractivity (Wildman–Crippen MR) is 60.6 cm³/mol. The number of aliphatic hydroxyl groups is 1. The van der Waals surface area contributed by atoms with Crippen molar-refractivity contribution in [1.29, 1.82) is 0 Å². The molecule has 0 aromatic carbocycles.